The molecule has 0 aromatic heterocycles. The number of nitrogens with zero attached hydrogens (tertiary/aromatic N) is 1. The van der Waals surface area contributed by atoms with Crippen LogP contribution in [0, 0.1) is 0 Å². The van der Waals surface area contributed by atoms with Crippen molar-refractivity contribution >= 4 is 29.2 Å². The van der Waals surface area contributed by atoms with Crippen molar-refractivity contribution in [2.75, 3.05) is 18.4 Å². The van der Waals surface area contributed by atoms with Crippen LogP contribution >= 0.6 is 11.6 Å². The average Bonchev–Trinajstić information content (AvgIpc) is 2.49. The highest BCUT2D eigenvalue weighted by atomic mass is 35.5. The van der Waals surface area contributed by atoms with Crippen LogP contribution in [0.2, 0.25) is 5.02 Å². The molecule has 1 saturated heterocycles. The van der Waals surface area contributed by atoms with Crippen molar-refractivity contribution in [3.05, 3.63) is 28.8 Å². The largest absolute Gasteiger partial charge is 0.478 e. The van der Waals surface area contributed by atoms with Gasteiger partial charge in [0.15, 0.2) is 0 Å². The lowest BCUT2D eigenvalue weighted by molar-refractivity contribution is -0.132. The fraction of sp³-hybridized carbons (Fsp3) is 0.467. The molecule has 0 bridgehead atoms. The summed E-state index contributed by atoms with van der Waals surface area (Å²) in [4.78, 5) is 25.4. The lowest BCUT2D eigenvalue weighted by Crippen LogP contribution is -2.44. The maximum atomic E-state index is 12.3. The minimum absolute atomic E-state index is 0.000916. The second-order valence-corrected chi connectivity index (χ2v) is 5.68. The number of benzene rings is 1. The molecule has 1 heterocycles. The van der Waals surface area contributed by atoms with E-state index in [-0.39, 0.29) is 11.5 Å². The summed E-state index contributed by atoms with van der Waals surface area (Å²) >= 11 is 5.82. The molecule has 0 aliphatic carbocycles. The zero-order chi connectivity index (χ0) is 15.4. The van der Waals surface area contributed by atoms with E-state index < -0.39 is 12.0 Å². The number of halogens is 1. The lowest BCUT2D eigenvalue weighted by atomic mass is 10.1. The number of likely N-dealkylation sites (tertiary alicyclic amines) is 1. The van der Waals surface area contributed by atoms with Gasteiger partial charge in [-0.3, -0.25) is 4.79 Å². The van der Waals surface area contributed by atoms with Crippen molar-refractivity contribution in [3.63, 3.8) is 0 Å². The first-order valence-electron chi connectivity index (χ1n) is 7.07. The van der Waals surface area contributed by atoms with Crippen molar-refractivity contribution in [1.82, 2.24) is 4.90 Å². The molecule has 2 N–H and O–H groups in total. The number of nitrogens with one attached hydrogen (secondary N) is 1. The summed E-state index contributed by atoms with van der Waals surface area (Å²) in [5.41, 5.74) is 0.477. The highest BCUT2D eigenvalue weighted by Gasteiger charge is 2.23. The normalized spacial score (nSPS) is 16.4. The second kappa shape index (κ2) is 6.80. The molecule has 1 atom stereocenters. The number of hydrogen-bond acceptors (Lipinski definition) is 3. The zero-order valence-electron chi connectivity index (χ0n) is 11.9. The van der Waals surface area contributed by atoms with Crippen LogP contribution in [-0.2, 0) is 4.79 Å². The van der Waals surface area contributed by atoms with E-state index in [1.807, 2.05) is 4.90 Å². The Balaban J connectivity index is 2.10. The van der Waals surface area contributed by atoms with Crippen LogP contribution in [0.5, 0.6) is 0 Å². The third-order valence-corrected chi connectivity index (χ3v) is 3.86. The van der Waals surface area contributed by atoms with Crippen LogP contribution in [0.3, 0.4) is 0 Å². The van der Waals surface area contributed by atoms with E-state index in [1.165, 1.54) is 6.07 Å². The summed E-state index contributed by atoms with van der Waals surface area (Å²) in [6.07, 6.45) is 3.21. The summed E-state index contributed by atoms with van der Waals surface area (Å²) < 4.78 is 0. The predicted octanol–water partition coefficient (Wildman–Crippen LogP) is 2.85. The smallest absolute Gasteiger partial charge is 0.337 e. The number of aromatic carboxylic acids is 1. The zero-order valence-corrected chi connectivity index (χ0v) is 12.7. The Labute approximate surface area is 128 Å². The molecule has 2 rings (SSSR count). The molecule has 114 valence electrons. The van der Waals surface area contributed by atoms with Gasteiger partial charge in [0.2, 0.25) is 5.91 Å². The minimum Gasteiger partial charge on any atom is -0.478 e. The number of amides is 1. The Morgan fingerprint density at radius 2 is 1.95 bits per heavy atom. The number of carboxylic acids is 1. The monoisotopic (exact) mass is 310 g/mol. The maximum absolute atomic E-state index is 12.3. The van der Waals surface area contributed by atoms with Gasteiger partial charge in [-0.1, -0.05) is 11.6 Å². The fourth-order valence-corrected chi connectivity index (χ4v) is 2.67. The lowest BCUT2D eigenvalue weighted by Gasteiger charge is -2.30. The van der Waals surface area contributed by atoms with Gasteiger partial charge in [-0.15, -0.1) is 0 Å². The Hall–Kier alpha value is -1.75. The molecule has 1 amide bonds. The number of hydrogen-bond donors (Lipinski definition) is 2. The van der Waals surface area contributed by atoms with E-state index in [0.717, 1.165) is 32.4 Å². The molecule has 1 unspecified atom stereocenters. The highest BCUT2D eigenvalue weighted by Crippen LogP contribution is 2.22. The van der Waals surface area contributed by atoms with Crippen molar-refractivity contribution in [1.29, 1.82) is 0 Å². The summed E-state index contributed by atoms with van der Waals surface area (Å²) in [5, 5.41) is 12.5. The van der Waals surface area contributed by atoms with E-state index in [4.69, 9.17) is 11.6 Å². The number of carboxylic acid groups (broad SMARTS) is 1. The van der Waals surface area contributed by atoms with Gasteiger partial charge in [0.25, 0.3) is 0 Å². The molecular weight excluding hydrogens is 292 g/mol. The Bertz CT molecular complexity index is 542. The SMILES string of the molecule is CC(Nc1ccc(Cl)cc1C(=O)O)C(=O)N1CCCCC1. The Morgan fingerprint density at radius 1 is 1.29 bits per heavy atom. The van der Waals surface area contributed by atoms with Crippen LogP contribution in [-0.4, -0.2) is 41.0 Å². The Morgan fingerprint density at radius 3 is 2.57 bits per heavy atom. The van der Waals surface area contributed by atoms with Crippen LogP contribution in [0.1, 0.15) is 36.5 Å². The first-order chi connectivity index (χ1) is 9.99. The quantitative estimate of drug-likeness (QED) is 0.897. The van der Waals surface area contributed by atoms with Crippen molar-refractivity contribution in [3.8, 4) is 0 Å². The summed E-state index contributed by atoms with van der Waals surface area (Å²) in [6, 6.07) is 4.10. The third-order valence-electron chi connectivity index (χ3n) is 3.62. The van der Waals surface area contributed by atoms with Gasteiger partial charge in [-0.05, 0) is 44.4 Å². The number of carbonyl (C=O) groups is 2. The Kier molecular flexibility index (Phi) is 5.07. The summed E-state index contributed by atoms with van der Waals surface area (Å²) in [5.74, 6) is -1.07. The summed E-state index contributed by atoms with van der Waals surface area (Å²) in [6.45, 7) is 3.30. The predicted molar refractivity (Wildman–Crippen MR) is 81.9 cm³/mol. The van der Waals surface area contributed by atoms with Crippen molar-refractivity contribution in [2.24, 2.45) is 0 Å². The first-order valence-corrected chi connectivity index (χ1v) is 7.45. The molecule has 1 fully saturated rings. The van der Waals surface area contributed by atoms with Crippen LogP contribution in [0.4, 0.5) is 5.69 Å². The summed E-state index contributed by atoms with van der Waals surface area (Å²) in [7, 11) is 0. The van der Waals surface area contributed by atoms with Crippen LogP contribution in [0.15, 0.2) is 18.2 Å². The van der Waals surface area contributed by atoms with E-state index >= 15 is 0 Å². The molecule has 1 aromatic carbocycles. The van der Waals surface area contributed by atoms with Crippen molar-refractivity contribution < 1.29 is 14.7 Å². The van der Waals surface area contributed by atoms with Gasteiger partial charge in [0.05, 0.1) is 5.56 Å². The fourth-order valence-electron chi connectivity index (χ4n) is 2.50. The average molecular weight is 311 g/mol. The second-order valence-electron chi connectivity index (χ2n) is 5.25. The maximum Gasteiger partial charge on any atom is 0.337 e. The molecule has 1 aliphatic heterocycles. The molecule has 1 aromatic rings. The molecule has 5 nitrogen and oxygen atoms in total. The van der Waals surface area contributed by atoms with E-state index in [2.05, 4.69) is 5.32 Å². The number of rotatable bonds is 4. The van der Waals surface area contributed by atoms with E-state index in [1.54, 1.807) is 19.1 Å². The van der Waals surface area contributed by atoms with Gasteiger partial charge >= 0.3 is 5.97 Å². The molecular formula is C15H19ClN2O3. The van der Waals surface area contributed by atoms with Gasteiger partial charge in [-0.2, -0.15) is 0 Å². The van der Waals surface area contributed by atoms with E-state index in [9.17, 15) is 14.7 Å². The molecule has 0 saturated carbocycles. The molecule has 21 heavy (non-hydrogen) atoms. The van der Waals surface area contributed by atoms with Crippen LogP contribution in [0.25, 0.3) is 0 Å². The van der Waals surface area contributed by atoms with Gasteiger partial charge in [0.1, 0.15) is 6.04 Å². The molecule has 0 spiro atoms. The van der Waals surface area contributed by atoms with Crippen LogP contribution < -0.4 is 5.32 Å². The number of piperidine rings is 1. The number of anilines is 1. The van der Waals surface area contributed by atoms with Crippen molar-refractivity contribution in [2.45, 2.75) is 32.2 Å². The van der Waals surface area contributed by atoms with Gasteiger partial charge in [-0.25, -0.2) is 4.79 Å². The van der Waals surface area contributed by atoms with Gasteiger partial charge in [0, 0.05) is 23.8 Å². The molecule has 0 radical (unpaired) electrons. The molecule has 1 aliphatic rings. The highest BCUT2D eigenvalue weighted by molar-refractivity contribution is 6.31. The minimum atomic E-state index is -1.07. The number of carbonyl (C=O) groups excluding carboxylic acids is 1. The topological polar surface area (TPSA) is 69.6 Å². The third kappa shape index (κ3) is 3.88. The first kappa shape index (κ1) is 15.6. The van der Waals surface area contributed by atoms with Gasteiger partial charge < -0.3 is 15.3 Å². The van der Waals surface area contributed by atoms with E-state index in [0.29, 0.717) is 10.7 Å². The molecule has 6 heteroatoms. The standard InChI is InChI=1S/C15H19ClN2O3/c1-10(14(19)18-7-3-2-4-8-18)17-13-6-5-11(16)9-12(13)15(20)21/h5-6,9-10,17H,2-4,7-8H2,1H3,(H,20,21).